The zero-order valence-electron chi connectivity index (χ0n) is 14.2. The molecule has 1 heterocycles. The Morgan fingerprint density at radius 1 is 1.16 bits per heavy atom. The molecule has 3 rings (SSSR count). The van der Waals surface area contributed by atoms with Crippen LogP contribution in [0.15, 0.2) is 42.9 Å². The Labute approximate surface area is 147 Å². The number of para-hydroxylation sites is 1. The van der Waals surface area contributed by atoms with Crippen molar-refractivity contribution < 1.29 is 14.3 Å². The summed E-state index contributed by atoms with van der Waals surface area (Å²) in [6.07, 6.45) is 9.08. The Morgan fingerprint density at radius 2 is 1.92 bits per heavy atom. The topological polar surface area (TPSA) is 73.2 Å². The summed E-state index contributed by atoms with van der Waals surface area (Å²) >= 11 is 0. The van der Waals surface area contributed by atoms with Crippen LogP contribution in [0.1, 0.15) is 42.6 Å². The van der Waals surface area contributed by atoms with Gasteiger partial charge in [0.05, 0.1) is 12.5 Å². The lowest BCUT2D eigenvalue weighted by Gasteiger charge is -2.21. The smallest absolute Gasteiger partial charge is 0.357 e. The van der Waals surface area contributed by atoms with Crippen LogP contribution in [0.2, 0.25) is 0 Å². The first kappa shape index (κ1) is 17.2. The van der Waals surface area contributed by atoms with Crippen LogP contribution in [0.25, 0.3) is 5.69 Å². The van der Waals surface area contributed by atoms with Crippen LogP contribution in [-0.2, 0) is 9.53 Å². The van der Waals surface area contributed by atoms with Crippen LogP contribution < -0.4 is 5.32 Å². The first-order valence-corrected chi connectivity index (χ1v) is 8.75. The standard InChI is InChI=1S/C19H23N3O3/c23-18(21-11-15-7-3-1-4-8-15)13-25-19(24)17-12-20-14-22(17)16-9-5-2-6-10-16/h2,5-6,9-10,12,14-15H,1,3-4,7-8,11,13H2,(H,21,23). The van der Waals surface area contributed by atoms with E-state index in [2.05, 4.69) is 10.3 Å². The van der Waals surface area contributed by atoms with Gasteiger partial charge in [-0.1, -0.05) is 37.5 Å². The zero-order valence-corrected chi connectivity index (χ0v) is 14.2. The lowest BCUT2D eigenvalue weighted by atomic mass is 9.89. The summed E-state index contributed by atoms with van der Waals surface area (Å²) in [7, 11) is 0. The van der Waals surface area contributed by atoms with E-state index in [0.717, 1.165) is 18.5 Å². The highest BCUT2D eigenvalue weighted by Gasteiger charge is 2.17. The second-order valence-electron chi connectivity index (χ2n) is 6.37. The molecule has 1 N–H and O–H groups in total. The predicted molar refractivity (Wildman–Crippen MR) is 93.4 cm³/mol. The van der Waals surface area contributed by atoms with Crippen molar-refractivity contribution in [2.45, 2.75) is 32.1 Å². The molecule has 1 fully saturated rings. The van der Waals surface area contributed by atoms with E-state index >= 15 is 0 Å². The van der Waals surface area contributed by atoms with Crippen molar-refractivity contribution in [2.24, 2.45) is 5.92 Å². The molecule has 1 amide bonds. The third-order valence-electron chi connectivity index (χ3n) is 4.53. The number of nitrogens with one attached hydrogen (secondary N) is 1. The van der Waals surface area contributed by atoms with Gasteiger partial charge in [0, 0.05) is 12.2 Å². The number of rotatable bonds is 6. The van der Waals surface area contributed by atoms with Gasteiger partial charge in [0.1, 0.15) is 0 Å². The molecule has 1 saturated carbocycles. The fourth-order valence-corrected chi connectivity index (χ4v) is 3.15. The highest BCUT2D eigenvalue weighted by molar-refractivity contribution is 5.90. The van der Waals surface area contributed by atoms with Gasteiger partial charge in [-0.05, 0) is 30.9 Å². The van der Waals surface area contributed by atoms with Gasteiger partial charge < -0.3 is 10.1 Å². The van der Waals surface area contributed by atoms with E-state index in [4.69, 9.17) is 4.74 Å². The highest BCUT2D eigenvalue weighted by atomic mass is 16.5. The predicted octanol–water partition coefficient (Wildman–Crippen LogP) is 2.73. The van der Waals surface area contributed by atoms with E-state index in [9.17, 15) is 9.59 Å². The minimum atomic E-state index is -0.561. The van der Waals surface area contributed by atoms with Crippen molar-refractivity contribution in [1.82, 2.24) is 14.9 Å². The second-order valence-corrected chi connectivity index (χ2v) is 6.37. The molecule has 6 heteroatoms. The summed E-state index contributed by atoms with van der Waals surface area (Å²) in [5.41, 5.74) is 1.11. The SMILES string of the molecule is O=C(COC(=O)c1cncn1-c1ccccc1)NCC1CCCCC1. The first-order chi connectivity index (χ1) is 12.2. The van der Waals surface area contributed by atoms with Gasteiger partial charge in [-0.15, -0.1) is 0 Å². The fourth-order valence-electron chi connectivity index (χ4n) is 3.15. The summed E-state index contributed by atoms with van der Waals surface area (Å²) in [4.78, 5) is 28.2. The van der Waals surface area contributed by atoms with Crippen LogP contribution in [0.3, 0.4) is 0 Å². The van der Waals surface area contributed by atoms with Gasteiger partial charge in [0.15, 0.2) is 12.3 Å². The molecule has 1 aromatic carbocycles. The van der Waals surface area contributed by atoms with Gasteiger partial charge in [-0.3, -0.25) is 9.36 Å². The molecule has 0 spiro atoms. The van der Waals surface area contributed by atoms with Crippen LogP contribution in [-0.4, -0.2) is 34.6 Å². The van der Waals surface area contributed by atoms with Crippen LogP contribution in [0.4, 0.5) is 0 Å². The Morgan fingerprint density at radius 3 is 2.68 bits per heavy atom. The van der Waals surface area contributed by atoms with Crippen molar-refractivity contribution in [3.8, 4) is 5.69 Å². The van der Waals surface area contributed by atoms with Gasteiger partial charge in [0.2, 0.25) is 0 Å². The molecule has 0 aliphatic heterocycles. The summed E-state index contributed by atoms with van der Waals surface area (Å²) in [5.74, 6) is -0.271. The molecule has 1 aliphatic carbocycles. The lowest BCUT2D eigenvalue weighted by Crippen LogP contribution is -2.33. The number of hydrogen-bond acceptors (Lipinski definition) is 4. The van der Waals surface area contributed by atoms with Crippen molar-refractivity contribution in [1.29, 1.82) is 0 Å². The number of imidazole rings is 1. The van der Waals surface area contributed by atoms with Gasteiger partial charge in [-0.2, -0.15) is 0 Å². The van der Waals surface area contributed by atoms with Crippen molar-refractivity contribution in [2.75, 3.05) is 13.2 Å². The maximum Gasteiger partial charge on any atom is 0.357 e. The van der Waals surface area contributed by atoms with E-state index in [1.165, 1.54) is 25.5 Å². The molecule has 1 aromatic heterocycles. The number of benzene rings is 1. The van der Waals surface area contributed by atoms with E-state index < -0.39 is 5.97 Å². The number of carbonyl (C=O) groups excluding carboxylic acids is 2. The highest BCUT2D eigenvalue weighted by Crippen LogP contribution is 2.22. The number of esters is 1. The average Bonchev–Trinajstić information content (AvgIpc) is 3.16. The maximum atomic E-state index is 12.2. The van der Waals surface area contributed by atoms with E-state index in [-0.39, 0.29) is 12.5 Å². The Kier molecular flexibility index (Phi) is 5.82. The van der Waals surface area contributed by atoms with Gasteiger partial charge in [-0.25, -0.2) is 9.78 Å². The van der Waals surface area contributed by atoms with Crippen molar-refractivity contribution >= 4 is 11.9 Å². The Balaban J connectivity index is 1.49. The summed E-state index contributed by atoms with van der Waals surface area (Å²) in [6, 6.07) is 9.39. The fraction of sp³-hybridized carbons (Fsp3) is 0.421. The van der Waals surface area contributed by atoms with Gasteiger partial charge >= 0.3 is 5.97 Å². The summed E-state index contributed by atoms with van der Waals surface area (Å²) < 4.78 is 6.78. The molecular formula is C19H23N3O3. The molecule has 0 atom stereocenters. The molecule has 2 aromatic rings. The van der Waals surface area contributed by atoms with Gasteiger partial charge in [0.25, 0.3) is 5.91 Å². The number of amides is 1. The molecule has 0 radical (unpaired) electrons. The van der Waals surface area contributed by atoms with Crippen LogP contribution in [0.5, 0.6) is 0 Å². The molecule has 1 aliphatic rings. The number of carbonyl (C=O) groups is 2. The maximum absolute atomic E-state index is 12.2. The molecular weight excluding hydrogens is 318 g/mol. The van der Waals surface area contributed by atoms with E-state index in [0.29, 0.717) is 18.2 Å². The third-order valence-corrected chi connectivity index (χ3v) is 4.53. The minimum absolute atomic E-state index is 0.260. The Bertz CT molecular complexity index is 706. The average molecular weight is 341 g/mol. The molecule has 0 unspecified atom stereocenters. The molecule has 0 bridgehead atoms. The normalized spacial score (nSPS) is 14.9. The molecule has 6 nitrogen and oxygen atoms in total. The Hall–Kier alpha value is -2.63. The molecule has 0 saturated heterocycles. The second kappa shape index (κ2) is 8.46. The zero-order chi connectivity index (χ0) is 17.5. The molecule has 25 heavy (non-hydrogen) atoms. The van der Waals surface area contributed by atoms with Crippen molar-refractivity contribution in [3.05, 3.63) is 48.5 Å². The number of aromatic nitrogens is 2. The number of hydrogen-bond donors (Lipinski definition) is 1. The van der Waals surface area contributed by atoms with E-state index in [1.54, 1.807) is 10.9 Å². The van der Waals surface area contributed by atoms with Crippen LogP contribution >= 0.6 is 0 Å². The first-order valence-electron chi connectivity index (χ1n) is 8.75. The molecule has 132 valence electrons. The van der Waals surface area contributed by atoms with Crippen molar-refractivity contribution in [3.63, 3.8) is 0 Å². The van der Waals surface area contributed by atoms with Crippen LogP contribution in [0, 0.1) is 5.92 Å². The summed E-state index contributed by atoms with van der Waals surface area (Å²) in [6.45, 7) is 0.393. The summed E-state index contributed by atoms with van der Waals surface area (Å²) in [5, 5.41) is 2.86. The third kappa shape index (κ3) is 4.68. The monoisotopic (exact) mass is 341 g/mol. The largest absolute Gasteiger partial charge is 0.451 e. The minimum Gasteiger partial charge on any atom is -0.451 e. The lowest BCUT2D eigenvalue weighted by molar-refractivity contribution is -0.124. The number of nitrogens with zero attached hydrogens (tertiary/aromatic N) is 2. The number of ether oxygens (including phenoxy) is 1. The quantitative estimate of drug-likeness (QED) is 0.820. The van der Waals surface area contributed by atoms with E-state index in [1.807, 2.05) is 30.3 Å².